The Kier molecular flexibility index (Phi) is 6.84. The van der Waals surface area contributed by atoms with Gasteiger partial charge in [-0.25, -0.2) is 0 Å². The fourth-order valence-electron chi connectivity index (χ4n) is 1.74. The van der Waals surface area contributed by atoms with E-state index in [-0.39, 0.29) is 0 Å². The molecule has 0 aromatic carbocycles. The summed E-state index contributed by atoms with van der Waals surface area (Å²) in [4.78, 5) is 0. The van der Waals surface area contributed by atoms with Crippen molar-refractivity contribution in [3.8, 4) is 0 Å². The lowest BCUT2D eigenvalue weighted by Crippen LogP contribution is -2.09. The smallest absolute Gasteiger partial charge is 0.0205 e. The topological polar surface area (TPSA) is 0 Å². The third-order valence-corrected chi connectivity index (χ3v) is 2.62. The van der Waals surface area contributed by atoms with Crippen LogP contribution < -0.4 is 0 Å². The first-order valence-electron chi connectivity index (χ1n) is 5.09. The highest BCUT2D eigenvalue weighted by molar-refractivity contribution is 5.01. The van der Waals surface area contributed by atoms with Gasteiger partial charge in [0.1, 0.15) is 0 Å². The van der Waals surface area contributed by atoms with Crippen LogP contribution in [0.15, 0.2) is 24.8 Å². The maximum absolute atomic E-state index is 3.69. The van der Waals surface area contributed by atoms with Gasteiger partial charge in [-0.05, 0) is 18.3 Å². The Bertz CT molecular complexity index is 129. The lowest BCUT2D eigenvalue weighted by Gasteiger charge is -2.20. The van der Waals surface area contributed by atoms with Crippen LogP contribution in [-0.4, -0.2) is 0 Å². The van der Waals surface area contributed by atoms with Gasteiger partial charge >= 0.3 is 0 Å². The molecule has 0 heterocycles. The fourth-order valence-corrected chi connectivity index (χ4v) is 1.74. The molecule has 0 amide bonds. The molecule has 0 fully saturated rings. The van der Waals surface area contributed by atoms with Gasteiger partial charge in [0.15, 0.2) is 0 Å². The van der Waals surface area contributed by atoms with Crippen LogP contribution in [0.2, 0.25) is 0 Å². The lowest BCUT2D eigenvalue weighted by molar-refractivity contribution is 0.362. The summed E-state index contributed by atoms with van der Waals surface area (Å²) in [5.74, 6) is 1.60. The van der Waals surface area contributed by atoms with E-state index in [2.05, 4.69) is 39.5 Å². The zero-order valence-corrected chi connectivity index (χ0v) is 8.72. The van der Waals surface area contributed by atoms with Gasteiger partial charge in [0.2, 0.25) is 0 Å². The zero-order valence-electron chi connectivity index (χ0n) is 8.72. The molecule has 1 unspecified atom stereocenters. The predicted octanol–water partition coefficient (Wildman–Crippen LogP) is 4.19. The van der Waals surface area contributed by atoms with Gasteiger partial charge in [0.25, 0.3) is 0 Å². The monoisotopic (exact) mass is 166 g/mol. The highest BCUT2D eigenvalue weighted by Gasteiger charge is 2.12. The Morgan fingerprint density at radius 1 is 1.08 bits per heavy atom. The Balaban J connectivity index is 4.09. The lowest BCUT2D eigenvalue weighted by atomic mass is 9.86. The summed E-state index contributed by atoms with van der Waals surface area (Å²) in [6.45, 7) is 10.5. The van der Waals surface area contributed by atoms with E-state index < -0.39 is 0 Å². The van der Waals surface area contributed by atoms with Gasteiger partial charge < -0.3 is 0 Å². The van der Waals surface area contributed by atoms with Crippen LogP contribution in [0.5, 0.6) is 0 Å². The van der Waals surface area contributed by atoms with Crippen LogP contribution in [0.3, 0.4) is 0 Å². The molecule has 0 bridgehead atoms. The summed E-state index contributed by atoms with van der Waals surface area (Å²) in [5.41, 5.74) is 0. The van der Waals surface area contributed by atoms with E-state index >= 15 is 0 Å². The molecule has 0 aromatic rings. The minimum Gasteiger partial charge on any atom is -0.0991 e. The van der Waals surface area contributed by atoms with Gasteiger partial charge in [-0.15, -0.1) is 0 Å². The Morgan fingerprint density at radius 2 is 1.67 bits per heavy atom. The summed E-state index contributed by atoms with van der Waals surface area (Å²) in [6.07, 6.45) is 10.1. The number of hydrogen-bond donors (Lipinski definition) is 0. The number of rotatable bonds is 6. The Labute approximate surface area is 77.4 Å². The van der Waals surface area contributed by atoms with Crippen molar-refractivity contribution in [2.24, 2.45) is 11.8 Å². The largest absolute Gasteiger partial charge is 0.0991 e. The van der Waals surface area contributed by atoms with Crippen molar-refractivity contribution in [1.29, 1.82) is 0 Å². The molecule has 0 N–H and O–H groups in total. The maximum Gasteiger partial charge on any atom is -0.0205 e. The minimum atomic E-state index is 0.748. The van der Waals surface area contributed by atoms with Gasteiger partial charge in [0, 0.05) is 0 Å². The van der Waals surface area contributed by atoms with E-state index in [1.807, 2.05) is 6.08 Å². The first-order valence-corrected chi connectivity index (χ1v) is 5.09. The van der Waals surface area contributed by atoms with Crippen LogP contribution in [0.4, 0.5) is 0 Å². The number of hydrogen-bond acceptors (Lipinski definition) is 0. The van der Waals surface area contributed by atoms with Gasteiger partial charge in [-0.2, -0.15) is 0 Å². The van der Waals surface area contributed by atoms with Crippen LogP contribution in [0.25, 0.3) is 0 Å². The second-order valence-corrected chi connectivity index (χ2v) is 3.27. The molecule has 0 saturated carbocycles. The molecule has 0 nitrogen and oxygen atoms in total. The third-order valence-electron chi connectivity index (χ3n) is 2.62. The molecule has 0 saturated heterocycles. The normalized spacial score (nSPS) is 14.0. The molecule has 0 aromatic heterocycles. The van der Waals surface area contributed by atoms with E-state index in [0.717, 1.165) is 11.8 Å². The average Bonchev–Trinajstić information content (AvgIpc) is 2.12. The molecule has 0 aliphatic rings. The van der Waals surface area contributed by atoms with Crippen molar-refractivity contribution >= 4 is 0 Å². The number of allylic oxidation sites excluding steroid dienone is 3. The minimum absolute atomic E-state index is 0.748. The first kappa shape index (κ1) is 11.5. The van der Waals surface area contributed by atoms with Crippen LogP contribution in [0, 0.1) is 11.8 Å². The van der Waals surface area contributed by atoms with Crippen molar-refractivity contribution in [2.75, 3.05) is 0 Å². The van der Waals surface area contributed by atoms with Crippen LogP contribution >= 0.6 is 0 Å². The molecule has 0 rings (SSSR count). The van der Waals surface area contributed by atoms with E-state index in [0.29, 0.717) is 0 Å². The first-order chi connectivity index (χ1) is 5.79. The molecule has 0 aliphatic heterocycles. The third kappa shape index (κ3) is 3.75. The van der Waals surface area contributed by atoms with Crippen molar-refractivity contribution in [1.82, 2.24) is 0 Å². The second kappa shape index (κ2) is 7.15. The van der Waals surface area contributed by atoms with E-state index in [1.54, 1.807) is 0 Å². The average molecular weight is 166 g/mol. The molecule has 1 atom stereocenters. The second-order valence-electron chi connectivity index (χ2n) is 3.27. The summed E-state index contributed by atoms with van der Waals surface area (Å²) < 4.78 is 0. The molecule has 12 heavy (non-hydrogen) atoms. The highest BCUT2D eigenvalue weighted by atomic mass is 14.2. The molecular formula is C12H22. The molecule has 0 aliphatic carbocycles. The Hall–Kier alpha value is -0.520. The van der Waals surface area contributed by atoms with Crippen LogP contribution in [-0.2, 0) is 0 Å². The Morgan fingerprint density at radius 3 is 2.00 bits per heavy atom. The van der Waals surface area contributed by atoms with Crippen molar-refractivity contribution in [3.05, 3.63) is 24.8 Å². The molecular weight excluding hydrogens is 144 g/mol. The summed E-state index contributed by atoms with van der Waals surface area (Å²) in [6, 6.07) is 0. The summed E-state index contributed by atoms with van der Waals surface area (Å²) >= 11 is 0. The highest BCUT2D eigenvalue weighted by Crippen LogP contribution is 2.23. The van der Waals surface area contributed by atoms with Gasteiger partial charge in [-0.3, -0.25) is 0 Å². The van der Waals surface area contributed by atoms with Gasteiger partial charge in [-0.1, -0.05) is 58.4 Å². The molecule has 0 spiro atoms. The molecule has 0 heteroatoms. The van der Waals surface area contributed by atoms with Crippen molar-refractivity contribution in [3.63, 3.8) is 0 Å². The summed E-state index contributed by atoms with van der Waals surface area (Å²) in [7, 11) is 0. The fraction of sp³-hybridized carbons (Fsp3) is 0.667. The predicted molar refractivity (Wildman–Crippen MR) is 57.2 cm³/mol. The maximum atomic E-state index is 3.69. The standard InChI is InChI=1S/C12H22/c1-5-9-10-12(8-4)11(6-2)7-3/h5,9-12H,1,6-8H2,2-4H3. The zero-order chi connectivity index (χ0) is 9.40. The van der Waals surface area contributed by atoms with E-state index in [1.165, 1.54) is 19.3 Å². The SMILES string of the molecule is C=CC=CC(CC)C(CC)CC. The van der Waals surface area contributed by atoms with Crippen molar-refractivity contribution < 1.29 is 0 Å². The summed E-state index contributed by atoms with van der Waals surface area (Å²) in [5, 5.41) is 0. The quantitative estimate of drug-likeness (QED) is 0.519. The van der Waals surface area contributed by atoms with E-state index in [4.69, 9.17) is 0 Å². The van der Waals surface area contributed by atoms with Crippen LogP contribution in [0.1, 0.15) is 40.0 Å². The van der Waals surface area contributed by atoms with Gasteiger partial charge in [0.05, 0.1) is 0 Å². The van der Waals surface area contributed by atoms with E-state index in [9.17, 15) is 0 Å². The van der Waals surface area contributed by atoms with Crippen molar-refractivity contribution in [2.45, 2.75) is 40.0 Å². The molecule has 0 radical (unpaired) electrons. The molecule has 70 valence electrons.